The van der Waals surface area contributed by atoms with Crippen molar-refractivity contribution < 1.29 is 14.3 Å². The predicted molar refractivity (Wildman–Crippen MR) is 127 cm³/mol. The van der Waals surface area contributed by atoms with Crippen LogP contribution in [0.2, 0.25) is 0 Å². The van der Waals surface area contributed by atoms with Gasteiger partial charge in [-0.3, -0.25) is 0 Å². The maximum Gasteiger partial charge on any atom is 0.410 e. The SMILES string of the molecule is CC(C)(C)OC(=O)N1CCCCC1Cc1cccc(OCc2ccccc2)c1.CCC. The summed E-state index contributed by atoms with van der Waals surface area (Å²) in [5.74, 6) is 0.862. The van der Waals surface area contributed by atoms with Crippen LogP contribution in [0, 0.1) is 0 Å². The third-order valence-electron chi connectivity index (χ3n) is 4.87. The molecule has 1 aliphatic rings. The quantitative estimate of drug-likeness (QED) is 0.517. The monoisotopic (exact) mass is 425 g/mol. The first-order chi connectivity index (χ1) is 14.8. The molecule has 4 nitrogen and oxygen atoms in total. The Morgan fingerprint density at radius 3 is 2.35 bits per heavy atom. The van der Waals surface area contributed by atoms with E-state index in [0.717, 1.165) is 43.5 Å². The molecule has 4 heteroatoms. The highest BCUT2D eigenvalue weighted by molar-refractivity contribution is 5.68. The van der Waals surface area contributed by atoms with E-state index < -0.39 is 5.60 Å². The van der Waals surface area contributed by atoms with E-state index in [1.807, 2.05) is 56.0 Å². The molecule has 0 aliphatic carbocycles. The molecule has 1 heterocycles. The van der Waals surface area contributed by atoms with Crippen LogP contribution in [0.4, 0.5) is 4.79 Å². The van der Waals surface area contributed by atoms with Crippen molar-refractivity contribution in [2.24, 2.45) is 0 Å². The van der Waals surface area contributed by atoms with Gasteiger partial charge >= 0.3 is 6.09 Å². The number of rotatable bonds is 5. The Bertz CT molecular complexity index is 783. The number of carbonyl (C=O) groups is 1. The van der Waals surface area contributed by atoms with E-state index in [1.54, 1.807) is 0 Å². The van der Waals surface area contributed by atoms with Crippen LogP contribution in [0.15, 0.2) is 54.6 Å². The zero-order chi connectivity index (χ0) is 22.7. The number of likely N-dealkylation sites (tertiary alicyclic amines) is 1. The minimum absolute atomic E-state index is 0.174. The van der Waals surface area contributed by atoms with E-state index in [9.17, 15) is 4.79 Å². The molecule has 0 saturated carbocycles. The number of hydrogen-bond donors (Lipinski definition) is 0. The number of hydrogen-bond acceptors (Lipinski definition) is 3. The van der Waals surface area contributed by atoms with Gasteiger partial charge in [-0.05, 0) is 69.7 Å². The Morgan fingerprint density at radius 1 is 1.00 bits per heavy atom. The van der Waals surface area contributed by atoms with Crippen LogP contribution >= 0.6 is 0 Å². The Balaban J connectivity index is 0.00000107. The molecule has 0 N–H and O–H groups in total. The fourth-order valence-electron chi connectivity index (χ4n) is 3.55. The summed E-state index contributed by atoms with van der Waals surface area (Å²) in [6.45, 7) is 11.3. The van der Waals surface area contributed by atoms with E-state index in [-0.39, 0.29) is 12.1 Å². The van der Waals surface area contributed by atoms with Gasteiger partial charge in [0.2, 0.25) is 0 Å². The van der Waals surface area contributed by atoms with Gasteiger partial charge < -0.3 is 14.4 Å². The Morgan fingerprint density at radius 2 is 1.68 bits per heavy atom. The van der Waals surface area contributed by atoms with Crippen LogP contribution in [-0.2, 0) is 17.8 Å². The first-order valence-electron chi connectivity index (χ1n) is 11.6. The first-order valence-corrected chi connectivity index (χ1v) is 11.6. The summed E-state index contributed by atoms with van der Waals surface area (Å²) >= 11 is 0. The third-order valence-corrected chi connectivity index (χ3v) is 4.87. The number of piperidine rings is 1. The Hall–Kier alpha value is -2.49. The Labute approximate surface area is 188 Å². The van der Waals surface area contributed by atoms with Gasteiger partial charge in [0, 0.05) is 12.6 Å². The average Bonchev–Trinajstić information content (AvgIpc) is 2.73. The van der Waals surface area contributed by atoms with Crippen molar-refractivity contribution in [2.75, 3.05) is 6.54 Å². The molecule has 2 aromatic rings. The highest BCUT2D eigenvalue weighted by atomic mass is 16.6. The third kappa shape index (κ3) is 9.04. The van der Waals surface area contributed by atoms with Gasteiger partial charge in [0.1, 0.15) is 18.0 Å². The minimum atomic E-state index is -0.468. The molecule has 1 unspecified atom stereocenters. The van der Waals surface area contributed by atoms with E-state index in [1.165, 1.54) is 12.0 Å². The molecule has 31 heavy (non-hydrogen) atoms. The van der Waals surface area contributed by atoms with Crippen molar-refractivity contribution >= 4 is 6.09 Å². The number of benzene rings is 2. The van der Waals surface area contributed by atoms with Crippen LogP contribution in [0.1, 0.15) is 71.4 Å². The normalized spacial score (nSPS) is 16.2. The van der Waals surface area contributed by atoms with Crippen molar-refractivity contribution in [3.8, 4) is 5.75 Å². The highest BCUT2D eigenvalue weighted by Gasteiger charge is 2.30. The number of nitrogens with zero attached hydrogens (tertiary/aromatic N) is 1. The average molecular weight is 426 g/mol. The van der Waals surface area contributed by atoms with E-state index in [4.69, 9.17) is 9.47 Å². The smallest absolute Gasteiger partial charge is 0.410 e. The summed E-state index contributed by atoms with van der Waals surface area (Å²) in [4.78, 5) is 14.5. The van der Waals surface area contributed by atoms with E-state index >= 15 is 0 Å². The molecule has 0 radical (unpaired) electrons. The van der Waals surface area contributed by atoms with Crippen molar-refractivity contribution in [3.05, 3.63) is 65.7 Å². The van der Waals surface area contributed by atoms with Crippen LogP contribution in [0.5, 0.6) is 5.75 Å². The molecule has 0 spiro atoms. The van der Waals surface area contributed by atoms with Gasteiger partial charge in [-0.25, -0.2) is 4.79 Å². The number of carbonyl (C=O) groups excluding carboxylic acids is 1. The lowest BCUT2D eigenvalue weighted by Gasteiger charge is -2.37. The zero-order valence-electron chi connectivity index (χ0n) is 19.9. The largest absolute Gasteiger partial charge is 0.489 e. The molecular formula is C27H39NO3. The second kappa shape index (κ2) is 12.4. The summed E-state index contributed by atoms with van der Waals surface area (Å²) in [6.07, 6.45) is 5.06. The maximum absolute atomic E-state index is 12.6. The van der Waals surface area contributed by atoms with Gasteiger partial charge in [0.15, 0.2) is 0 Å². The van der Waals surface area contributed by atoms with Crippen LogP contribution in [0.25, 0.3) is 0 Å². The lowest BCUT2D eigenvalue weighted by molar-refractivity contribution is 0.00994. The van der Waals surface area contributed by atoms with Crippen molar-refractivity contribution in [1.29, 1.82) is 0 Å². The van der Waals surface area contributed by atoms with Crippen LogP contribution in [-0.4, -0.2) is 29.2 Å². The molecule has 1 fully saturated rings. The number of ether oxygens (including phenoxy) is 2. The summed E-state index contributed by atoms with van der Waals surface area (Å²) in [5, 5.41) is 0. The molecule has 1 atom stereocenters. The van der Waals surface area contributed by atoms with Gasteiger partial charge in [-0.2, -0.15) is 0 Å². The second-order valence-electron chi connectivity index (χ2n) is 9.16. The van der Waals surface area contributed by atoms with Gasteiger partial charge in [0.25, 0.3) is 0 Å². The van der Waals surface area contributed by atoms with E-state index in [2.05, 4.69) is 38.1 Å². The van der Waals surface area contributed by atoms with Crippen LogP contribution in [0.3, 0.4) is 0 Å². The minimum Gasteiger partial charge on any atom is -0.489 e. The lowest BCUT2D eigenvalue weighted by atomic mass is 9.96. The topological polar surface area (TPSA) is 38.8 Å². The molecule has 170 valence electrons. The molecule has 1 saturated heterocycles. The van der Waals surface area contributed by atoms with Crippen molar-refractivity contribution in [1.82, 2.24) is 4.90 Å². The summed E-state index contributed by atoms with van der Waals surface area (Å²) in [5.41, 5.74) is 1.87. The molecule has 1 amide bonds. The summed E-state index contributed by atoms with van der Waals surface area (Å²) in [6, 6.07) is 18.5. The van der Waals surface area contributed by atoms with Gasteiger partial charge in [-0.1, -0.05) is 62.7 Å². The zero-order valence-corrected chi connectivity index (χ0v) is 19.9. The lowest BCUT2D eigenvalue weighted by Crippen LogP contribution is -2.47. The van der Waals surface area contributed by atoms with Gasteiger partial charge in [-0.15, -0.1) is 0 Å². The Kier molecular flexibility index (Phi) is 9.90. The fourth-order valence-corrected chi connectivity index (χ4v) is 3.55. The molecule has 1 aliphatic heterocycles. The van der Waals surface area contributed by atoms with E-state index in [0.29, 0.717) is 6.61 Å². The summed E-state index contributed by atoms with van der Waals surface area (Å²) < 4.78 is 11.6. The predicted octanol–water partition coefficient (Wildman–Crippen LogP) is 7.01. The summed E-state index contributed by atoms with van der Waals surface area (Å²) in [7, 11) is 0. The maximum atomic E-state index is 12.6. The molecule has 3 rings (SSSR count). The number of amides is 1. The molecule has 2 aromatic carbocycles. The van der Waals surface area contributed by atoms with Crippen molar-refractivity contribution in [3.63, 3.8) is 0 Å². The second-order valence-corrected chi connectivity index (χ2v) is 9.16. The van der Waals surface area contributed by atoms with Gasteiger partial charge in [0.05, 0.1) is 0 Å². The molecule has 0 aromatic heterocycles. The highest BCUT2D eigenvalue weighted by Crippen LogP contribution is 2.25. The van der Waals surface area contributed by atoms with Crippen LogP contribution < -0.4 is 4.74 Å². The van der Waals surface area contributed by atoms with Crippen molar-refractivity contribution in [2.45, 2.75) is 85.0 Å². The molecular weight excluding hydrogens is 386 g/mol. The first kappa shape index (κ1) is 24.8. The molecule has 0 bridgehead atoms. The fraction of sp³-hybridized carbons (Fsp3) is 0.519. The standard InChI is InChI=1S/C24H31NO3.C3H8/c1-24(2,3)28-23(26)25-15-8-7-13-21(25)16-20-12-9-14-22(17-20)27-18-19-10-5-4-6-11-19;1-3-2/h4-6,9-12,14,17,21H,7-8,13,15-16,18H2,1-3H3;3H2,1-2H3.